The van der Waals surface area contributed by atoms with Gasteiger partial charge in [0.1, 0.15) is 0 Å². The molecule has 0 aliphatic carbocycles. The van der Waals surface area contributed by atoms with E-state index >= 15 is 0 Å². The molecule has 0 radical (unpaired) electrons. The molecule has 1 aliphatic heterocycles. The van der Waals surface area contributed by atoms with Crippen LogP contribution in [0.25, 0.3) is 0 Å². The molecule has 1 fully saturated rings. The van der Waals surface area contributed by atoms with Crippen LogP contribution in [0.4, 0.5) is 0 Å². The van der Waals surface area contributed by atoms with Gasteiger partial charge in [-0.2, -0.15) is 0 Å². The van der Waals surface area contributed by atoms with Gasteiger partial charge in [0.25, 0.3) is 8.32 Å². The fourth-order valence-corrected chi connectivity index (χ4v) is 8.55. The Bertz CT molecular complexity index is 642. The molecular formula is C22H30O3Si. The molecule has 0 spiro atoms. The van der Waals surface area contributed by atoms with Crippen molar-refractivity contribution in [3.05, 3.63) is 60.7 Å². The number of ether oxygens (including phenoxy) is 1. The van der Waals surface area contributed by atoms with Crippen molar-refractivity contribution < 1.29 is 14.3 Å². The van der Waals surface area contributed by atoms with Crippen LogP contribution in [0.3, 0.4) is 0 Å². The highest BCUT2D eigenvalue weighted by Crippen LogP contribution is 2.37. The van der Waals surface area contributed by atoms with Crippen LogP contribution in [0, 0.1) is 0 Å². The molecule has 26 heavy (non-hydrogen) atoms. The minimum absolute atomic E-state index is 0.0387. The molecule has 2 aromatic rings. The molecule has 0 amide bonds. The molecule has 1 saturated heterocycles. The van der Waals surface area contributed by atoms with E-state index in [1.807, 2.05) is 0 Å². The Morgan fingerprint density at radius 3 is 2.00 bits per heavy atom. The zero-order valence-corrected chi connectivity index (χ0v) is 17.0. The number of hydrogen-bond donors (Lipinski definition) is 1. The molecule has 2 atom stereocenters. The summed E-state index contributed by atoms with van der Waals surface area (Å²) in [5.74, 6) is 0. The molecule has 0 aromatic heterocycles. The van der Waals surface area contributed by atoms with Crippen molar-refractivity contribution in [2.24, 2.45) is 0 Å². The van der Waals surface area contributed by atoms with Crippen molar-refractivity contribution in [1.82, 2.24) is 0 Å². The monoisotopic (exact) mass is 370 g/mol. The summed E-state index contributed by atoms with van der Waals surface area (Å²) in [6.07, 6.45) is 1.05. The van der Waals surface area contributed by atoms with Crippen molar-refractivity contribution in [1.29, 1.82) is 0 Å². The molecule has 4 heteroatoms. The van der Waals surface area contributed by atoms with Gasteiger partial charge in [0, 0.05) is 13.0 Å². The first-order valence-corrected chi connectivity index (χ1v) is 11.4. The molecule has 3 rings (SSSR count). The van der Waals surface area contributed by atoms with Crippen LogP contribution in [-0.2, 0) is 9.16 Å². The predicted molar refractivity (Wildman–Crippen MR) is 109 cm³/mol. The first-order valence-electron chi connectivity index (χ1n) is 9.48. The van der Waals surface area contributed by atoms with Gasteiger partial charge < -0.3 is 14.3 Å². The molecule has 140 valence electrons. The third-order valence-corrected chi connectivity index (χ3v) is 10.2. The van der Waals surface area contributed by atoms with Crippen molar-refractivity contribution in [2.45, 2.75) is 50.9 Å². The van der Waals surface area contributed by atoms with Crippen LogP contribution in [0.1, 0.15) is 33.6 Å². The second-order valence-corrected chi connectivity index (χ2v) is 12.5. The Kier molecular flexibility index (Phi) is 5.98. The number of aliphatic hydroxyl groups is 1. The van der Waals surface area contributed by atoms with Gasteiger partial charge in [-0.3, -0.25) is 0 Å². The van der Waals surface area contributed by atoms with E-state index in [9.17, 15) is 5.11 Å². The summed E-state index contributed by atoms with van der Waals surface area (Å²) >= 11 is 0. The zero-order chi connectivity index (χ0) is 18.6. The van der Waals surface area contributed by atoms with Crippen LogP contribution in [-0.4, -0.2) is 38.8 Å². The molecular weight excluding hydrogens is 340 g/mol. The molecule has 3 nitrogen and oxygen atoms in total. The lowest BCUT2D eigenvalue weighted by Gasteiger charge is -2.44. The van der Waals surface area contributed by atoms with E-state index in [-0.39, 0.29) is 17.2 Å². The summed E-state index contributed by atoms with van der Waals surface area (Å²) < 4.78 is 12.7. The molecule has 2 aromatic carbocycles. The normalized spacial score (nSPS) is 21.5. The molecule has 0 bridgehead atoms. The van der Waals surface area contributed by atoms with Gasteiger partial charge in [-0.1, -0.05) is 81.4 Å². The van der Waals surface area contributed by atoms with E-state index < -0.39 is 8.32 Å². The Balaban J connectivity index is 2.00. The fraction of sp³-hybridized carbons (Fsp3) is 0.455. The average Bonchev–Trinajstić information content (AvgIpc) is 2.63. The highest BCUT2D eigenvalue weighted by Gasteiger charge is 2.50. The van der Waals surface area contributed by atoms with Gasteiger partial charge in [-0.25, -0.2) is 0 Å². The lowest BCUT2D eigenvalue weighted by molar-refractivity contribution is -0.0614. The van der Waals surface area contributed by atoms with E-state index in [0.717, 1.165) is 6.42 Å². The molecule has 1 N–H and O–H groups in total. The van der Waals surface area contributed by atoms with E-state index in [2.05, 4.69) is 81.4 Å². The van der Waals surface area contributed by atoms with Gasteiger partial charge in [-0.15, -0.1) is 0 Å². The first kappa shape index (κ1) is 19.3. The van der Waals surface area contributed by atoms with E-state index in [4.69, 9.17) is 9.16 Å². The van der Waals surface area contributed by atoms with Gasteiger partial charge in [0.05, 0.1) is 18.8 Å². The fourth-order valence-electron chi connectivity index (χ4n) is 3.96. The maximum Gasteiger partial charge on any atom is 0.261 e. The molecule has 0 unspecified atom stereocenters. The minimum atomic E-state index is -2.52. The second-order valence-electron chi connectivity index (χ2n) is 8.15. The zero-order valence-electron chi connectivity index (χ0n) is 16.0. The number of benzene rings is 2. The van der Waals surface area contributed by atoms with E-state index in [0.29, 0.717) is 19.6 Å². The maximum atomic E-state index is 9.98. The smallest absolute Gasteiger partial charge is 0.261 e. The summed E-state index contributed by atoms with van der Waals surface area (Å²) in [5.41, 5.74) is 0. The second kappa shape index (κ2) is 8.05. The topological polar surface area (TPSA) is 38.7 Å². The number of hydrogen-bond acceptors (Lipinski definition) is 3. The van der Waals surface area contributed by atoms with Gasteiger partial charge in [-0.05, 0) is 21.8 Å². The number of aliphatic hydroxyl groups excluding tert-OH is 1. The van der Waals surface area contributed by atoms with Crippen molar-refractivity contribution in [3.63, 3.8) is 0 Å². The Morgan fingerprint density at radius 2 is 1.54 bits per heavy atom. The quantitative estimate of drug-likeness (QED) is 0.822. The average molecular weight is 371 g/mol. The lowest BCUT2D eigenvalue weighted by atomic mass is 10.1. The summed E-state index contributed by atoms with van der Waals surface area (Å²) in [6, 6.07) is 21.3. The first-order chi connectivity index (χ1) is 12.4. The minimum Gasteiger partial charge on any atom is -0.405 e. The van der Waals surface area contributed by atoms with Crippen molar-refractivity contribution in [3.8, 4) is 0 Å². The Morgan fingerprint density at radius 1 is 1.00 bits per heavy atom. The van der Waals surface area contributed by atoms with Gasteiger partial charge in [0.15, 0.2) is 0 Å². The van der Waals surface area contributed by atoms with Crippen molar-refractivity contribution >= 4 is 18.7 Å². The molecule has 0 saturated carbocycles. The molecule has 1 heterocycles. The van der Waals surface area contributed by atoms with Gasteiger partial charge in [0.2, 0.25) is 0 Å². The maximum absolute atomic E-state index is 9.98. The van der Waals surface area contributed by atoms with Crippen LogP contribution in [0.5, 0.6) is 0 Å². The number of rotatable bonds is 5. The largest absolute Gasteiger partial charge is 0.405 e. The molecule has 1 aliphatic rings. The van der Waals surface area contributed by atoms with Crippen molar-refractivity contribution in [2.75, 3.05) is 13.2 Å². The third-order valence-electron chi connectivity index (χ3n) is 5.24. The van der Waals surface area contributed by atoms with E-state index in [1.54, 1.807) is 0 Å². The summed E-state index contributed by atoms with van der Waals surface area (Å²) in [6.45, 7) is 7.95. The van der Waals surface area contributed by atoms with Crippen LogP contribution in [0.2, 0.25) is 5.04 Å². The highest BCUT2D eigenvalue weighted by atomic mass is 28.4. The third kappa shape index (κ3) is 3.94. The SMILES string of the molecule is CC(C)(C)[Si](OC[C@@H]1C[C@H](O)CCO1)(c1ccccc1)c1ccccc1. The van der Waals surface area contributed by atoms with Gasteiger partial charge >= 0.3 is 0 Å². The van der Waals surface area contributed by atoms with Crippen LogP contribution < -0.4 is 10.4 Å². The summed E-state index contributed by atoms with van der Waals surface area (Å²) in [4.78, 5) is 0. The standard InChI is InChI=1S/C22H30O3Si/c1-22(2,3)26(20-10-6-4-7-11-20,21-12-8-5-9-13-21)25-17-19-16-18(23)14-15-24-19/h4-13,18-19,23H,14-17H2,1-3H3/t18-,19+/m1/s1. The Hall–Kier alpha value is -1.46. The lowest BCUT2D eigenvalue weighted by Crippen LogP contribution is -2.67. The highest BCUT2D eigenvalue weighted by molar-refractivity contribution is 6.99. The summed E-state index contributed by atoms with van der Waals surface area (Å²) in [5, 5.41) is 12.5. The Labute approximate surface area is 158 Å². The van der Waals surface area contributed by atoms with Crippen LogP contribution >= 0.6 is 0 Å². The predicted octanol–water partition coefficient (Wildman–Crippen LogP) is 3.10. The van der Waals surface area contributed by atoms with Crippen LogP contribution in [0.15, 0.2) is 60.7 Å². The van der Waals surface area contributed by atoms with E-state index in [1.165, 1.54) is 10.4 Å². The summed E-state index contributed by atoms with van der Waals surface area (Å²) in [7, 11) is -2.52.